The molecular formula is C8H8Br2O. The normalized spacial score (nSPS) is 10.1. The van der Waals surface area contributed by atoms with Gasteiger partial charge in [0.1, 0.15) is 0 Å². The first-order valence-electron chi connectivity index (χ1n) is 3.28. The second-order valence-electron chi connectivity index (χ2n) is 2.25. The molecule has 0 amide bonds. The van der Waals surface area contributed by atoms with Crippen molar-refractivity contribution in [2.24, 2.45) is 0 Å². The van der Waals surface area contributed by atoms with Gasteiger partial charge in [0.2, 0.25) is 0 Å². The number of benzene rings is 1. The first-order chi connectivity index (χ1) is 5.22. The molecule has 0 atom stereocenters. The van der Waals surface area contributed by atoms with Crippen molar-refractivity contribution in [2.45, 2.75) is 6.42 Å². The summed E-state index contributed by atoms with van der Waals surface area (Å²) < 4.78 is 2.07. The number of aliphatic hydroxyl groups is 1. The molecule has 0 saturated heterocycles. The van der Waals surface area contributed by atoms with Crippen molar-refractivity contribution >= 4 is 31.9 Å². The van der Waals surface area contributed by atoms with Gasteiger partial charge in [-0.3, -0.25) is 0 Å². The highest BCUT2D eigenvalue weighted by Gasteiger charge is 1.95. The lowest BCUT2D eigenvalue weighted by Gasteiger charge is -1.99. The summed E-state index contributed by atoms with van der Waals surface area (Å²) in [6.45, 7) is 0.197. The molecule has 0 radical (unpaired) electrons. The molecule has 3 heteroatoms. The van der Waals surface area contributed by atoms with Gasteiger partial charge in [-0.1, -0.05) is 31.9 Å². The van der Waals surface area contributed by atoms with E-state index in [-0.39, 0.29) is 6.61 Å². The Labute approximate surface area is 82.7 Å². The Bertz CT molecular complexity index is 228. The topological polar surface area (TPSA) is 20.2 Å². The zero-order valence-corrected chi connectivity index (χ0v) is 9.02. The third kappa shape index (κ3) is 2.93. The van der Waals surface area contributed by atoms with Crippen molar-refractivity contribution in [3.8, 4) is 0 Å². The first-order valence-corrected chi connectivity index (χ1v) is 4.87. The standard InChI is InChI=1S/C8H8Br2O/c9-7-3-6(1-2-11)4-8(10)5-7/h3-5,11H,1-2H2. The van der Waals surface area contributed by atoms with E-state index in [1.54, 1.807) is 0 Å². The molecule has 1 rings (SSSR count). The smallest absolute Gasteiger partial charge is 0.0471 e. The molecule has 1 aromatic carbocycles. The van der Waals surface area contributed by atoms with Crippen LogP contribution < -0.4 is 0 Å². The van der Waals surface area contributed by atoms with E-state index in [0.29, 0.717) is 6.42 Å². The molecular weight excluding hydrogens is 272 g/mol. The van der Waals surface area contributed by atoms with Crippen LogP contribution >= 0.6 is 31.9 Å². The monoisotopic (exact) mass is 278 g/mol. The number of halogens is 2. The number of hydrogen-bond donors (Lipinski definition) is 1. The summed E-state index contributed by atoms with van der Waals surface area (Å²) in [6, 6.07) is 5.98. The second kappa shape index (κ2) is 4.24. The molecule has 0 unspecified atom stereocenters. The molecule has 0 aliphatic rings. The van der Waals surface area contributed by atoms with E-state index in [4.69, 9.17) is 5.11 Å². The molecule has 0 aliphatic carbocycles. The molecule has 0 bridgehead atoms. The van der Waals surface area contributed by atoms with Crippen molar-refractivity contribution in [1.29, 1.82) is 0 Å². The maximum atomic E-state index is 8.67. The van der Waals surface area contributed by atoms with Gasteiger partial charge in [0, 0.05) is 15.6 Å². The molecule has 0 saturated carbocycles. The van der Waals surface area contributed by atoms with Crippen molar-refractivity contribution in [3.05, 3.63) is 32.7 Å². The van der Waals surface area contributed by atoms with E-state index in [9.17, 15) is 0 Å². The minimum absolute atomic E-state index is 0.197. The van der Waals surface area contributed by atoms with Crippen LogP contribution in [0.3, 0.4) is 0 Å². The summed E-state index contributed by atoms with van der Waals surface area (Å²) in [5, 5.41) is 8.67. The maximum Gasteiger partial charge on any atom is 0.0471 e. The molecule has 0 spiro atoms. The van der Waals surface area contributed by atoms with Crippen molar-refractivity contribution in [2.75, 3.05) is 6.61 Å². The molecule has 1 aromatic rings. The van der Waals surface area contributed by atoms with Crippen LogP contribution in [0.1, 0.15) is 5.56 Å². The van der Waals surface area contributed by atoms with E-state index in [1.165, 1.54) is 0 Å². The minimum Gasteiger partial charge on any atom is -0.396 e. The van der Waals surface area contributed by atoms with E-state index < -0.39 is 0 Å². The van der Waals surface area contributed by atoms with Crippen LogP contribution in [0.2, 0.25) is 0 Å². The van der Waals surface area contributed by atoms with Gasteiger partial charge in [-0.05, 0) is 30.2 Å². The van der Waals surface area contributed by atoms with Gasteiger partial charge in [0.25, 0.3) is 0 Å². The predicted octanol–water partition coefficient (Wildman–Crippen LogP) is 2.75. The fourth-order valence-corrected chi connectivity index (χ4v) is 2.27. The molecule has 60 valence electrons. The van der Waals surface area contributed by atoms with Crippen LogP contribution in [0.5, 0.6) is 0 Å². The third-order valence-electron chi connectivity index (χ3n) is 1.32. The van der Waals surface area contributed by atoms with Crippen LogP contribution in [0.25, 0.3) is 0 Å². The molecule has 11 heavy (non-hydrogen) atoms. The Balaban J connectivity index is 2.89. The van der Waals surface area contributed by atoms with E-state index in [2.05, 4.69) is 31.9 Å². The lowest BCUT2D eigenvalue weighted by molar-refractivity contribution is 0.299. The van der Waals surface area contributed by atoms with Gasteiger partial charge >= 0.3 is 0 Å². The molecule has 0 aromatic heterocycles. The van der Waals surface area contributed by atoms with Gasteiger partial charge in [-0.15, -0.1) is 0 Å². The number of rotatable bonds is 2. The highest BCUT2D eigenvalue weighted by atomic mass is 79.9. The maximum absolute atomic E-state index is 8.67. The molecule has 0 fully saturated rings. The SMILES string of the molecule is OCCc1cc(Br)cc(Br)c1. The average molecular weight is 280 g/mol. The Morgan fingerprint density at radius 1 is 1.09 bits per heavy atom. The van der Waals surface area contributed by atoms with Gasteiger partial charge in [0.05, 0.1) is 0 Å². The van der Waals surface area contributed by atoms with Gasteiger partial charge < -0.3 is 5.11 Å². The number of hydrogen-bond acceptors (Lipinski definition) is 1. The number of aliphatic hydroxyl groups excluding tert-OH is 1. The Hall–Kier alpha value is 0.140. The summed E-state index contributed by atoms with van der Waals surface area (Å²) in [5.41, 5.74) is 1.13. The summed E-state index contributed by atoms with van der Waals surface area (Å²) in [5.74, 6) is 0. The zero-order chi connectivity index (χ0) is 8.27. The lowest BCUT2D eigenvalue weighted by atomic mass is 10.2. The van der Waals surface area contributed by atoms with E-state index in [0.717, 1.165) is 14.5 Å². The summed E-state index contributed by atoms with van der Waals surface area (Å²) in [7, 11) is 0. The van der Waals surface area contributed by atoms with Crippen molar-refractivity contribution < 1.29 is 5.11 Å². The first kappa shape index (κ1) is 9.23. The van der Waals surface area contributed by atoms with E-state index in [1.807, 2.05) is 18.2 Å². The fourth-order valence-electron chi connectivity index (χ4n) is 0.884. The lowest BCUT2D eigenvalue weighted by Crippen LogP contribution is -1.89. The second-order valence-corrected chi connectivity index (χ2v) is 4.08. The average Bonchev–Trinajstić information content (AvgIpc) is 1.85. The summed E-state index contributed by atoms with van der Waals surface area (Å²) in [4.78, 5) is 0. The van der Waals surface area contributed by atoms with Crippen molar-refractivity contribution in [3.63, 3.8) is 0 Å². The van der Waals surface area contributed by atoms with Crippen LogP contribution in [-0.2, 0) is 6.42 Å². The van der Waals surface area contributed by atoms with Crippen LogP contribution in [0, 0.1) is 0 Å². The third-order valence-corrected chi connectivity index (χ3v) is 2.24. The molecule has 1 N–H and O–H groups in total. The zero-order valence-electron chi connectivity index (χ0n) is 5.85. The molecule has 1 nitrogen and oxygen atoms in total. The minimum atomic E-state index is 0.197. The van der Waals surface area contributed by atoms with Gasteiger partial charge in [-0.2, -0.15) is 0 Å². The Morgan fingerprint density at radius 3 is 2.09 bits per heavy atom. The van der Waals surface area contributed by atoms with Crippen LogP contribution in [-0.4, -0.2) is 11.7 Å². The quantitative estimate of drug-likeness (QED) is 0.883. The van der Waals surface area contributed by atoms with Gasteiger partial charge in [0.15, 0.2) is 0 Å². The van der Waals surface area contributed by atoms with E-state index >= 15 is 0 Å². The predicted molar refractivity (Wildman–Crippen MR) is 52.6 cm³/mol. The van der Waals surface area contributed by atoms with Crippen LogP contribution in [0.4, 0.5) is 0 Å². The van der Waals surface area contributed by atoms with Gasteiger partial charge in [-0.25, -0.2) is 0 Å². The van der Waals surface area contributed by atoms with Crippen molar-refractivity contribution in [1.82, 2.24) is 0 Å². The Kier molecular flexibility index (Phi) is 3.55. The Morgan fingerprint density at radius 2 is 1.64 bits per heavy atom. The van der Waals surface area contributed by atoms with Crippen LogP contribution in [0.15, 0.2) is 27.1 Å². The fraction of sp³-hybridized carbons (Fsp3) is 0.250. The molecule has 0 heterocycles. The molecule has 0 aliphatic heterocycles. The highest BCUT2D eigenvalue weighted by molar-refractivity contribution is 9.11. The summed E-state index contributed by atoms with van der Waals surface area (Å²) in [6.07, 6.45) is 0.706. The highest BCUT2D eigenvalue weighted by Crippen LogP contribution is 2.20. The largest absolute Gasteiger partial charge is 0.396 e. The summed E-state index contributed by atoms with van der Waals surface area (Å²) >= 11 is 6.74.